The van der Waals surface area contributed by atoms with E-state index < -0.39 is 0 Å². The Balaban J connectivity index is 1.89. The minimum atomic E-state index is 0.702. The van der Waals surface area contributed by atoms with Gasteiger partial charge in [-0.1, -0.05) is 36.4 Å². The molecule has 0 aromatic heterocycles. The number of halogens is 1. The Morgan fingerprint density at radius 1 is 1.15 bits per heavy atom. The molecule has 0 bridgehead atoms. The molecule has 1 atom stereocenters. The van der Waals surface area contributed by atoms with E-state index in [1.807, 2.05) is 6.92 Å². The van der Waals surface area contributed by atoms with Crippen molar-refractivity contribution in [1.29, 1.82) is 0 Å². The minimum absolute atomic E-state index is 0.702. The van der Waals surface area contributed by atoms with Crippen molar-refractivity contribution >= 4 is 28.2 Å². The van der Waals surface area contributed by atoms with Gasteiger partial charge in [-0.3, -0.25) is 0 Å². The normalized spacial score (nSPS) is 17.2. The van der Waals surface area contributed by atoms with Crippen LogP contribution in [0, 0.1) is 23.3 Å². The van der Waals surface area contributed by atoms with Gasteiger partial charge in [-0.2, -0.15) is 0 Å². The van der Waals surface area contributed by atoms with Gasteiger partial charge < -0.3 is 4.74 Å². The van der Waals surface area contributed by atoms with Crippen LogP contribution in [0.1, 0.15) is 49.8 Å². The molecule has 0 heterocycles. The summed E-state index contributed by atoms with van der Waals surface area (Å²) in [4.78, 5) is 0. The zero-order valence-corrected chi connectivity index (χ0v) is 19.0. The van der Waals surface area contributed by atoms with Crippen LogP contribution in [0.2, 0.25) is 0 Å². The van der Waals surface area contributed by atoms with Crippen LogP contribution in [0.5, 0.6) is 5.75 Å². The summed E-state index contributed by atoms with van der Waals surface area (Å²) in [6.07, 6.45) is 10.6. The van der Waals surface area contributed by atoms with Gasteiger partial charge in [-0.15, -0.1) is 0 Å². The van der Waals surface area contributed by atoms with Crippen LogP contribution < -0.4 is 4.74 Å². The maximum atomic E-state index is 5.75. The highest BCUT2D eigenvalue weighted by atomic mass is 127. The average molecular weight is 472 g/mol. The van der Waals surface area contributed by atoms with E-state index in [2.05, 4.69) is 91.9 Å². The Morgan fingerprint density at radius 3 is 2.56 bits per heavy atom. The second kappa shape index (κ2) is 9.09. The third kappa shape index (κ3) is 4.48. The second-order valence-corrected chi connectivity index (χ2v) is 8.38. The average Bonchev–Trinajstić information content (AvgIpc) is 2.67. The molecule has 0 saturated carbocycles. The second-order valence-electron chi connectivity index (χ2n) is 7.30. The van der Waals surface area contributed by atoms with E-state index in [1.54, 1.807) is 0 Å². The summed E-state index contributed by atoms with van der Waals surface area (Å²) in [6, 6.07) is 11.3. The third-order valence-electron chi connectivity index (χ3n) is 5.44. The Morgan fingerprint density at radius 2 is 1.93 bits per heavy atom. The van der Waals surface area contributed by atoms with Crippen LogP contribution in [0.15, 0.2) is 48.6 Å². The highest BCUT2D eigenvalue weighted by Crippen LogP contribution is 2.37. The molecule has 0 spiro atoms. The number of allylic oxidation sites excluding steroid dienone is 4. The minimum Gasteiger partial charge on any atom is -0.494 e. The van der Waals surface area contributed by atoms with Gasteiger partial charge in [-0.05, 0) is 115 Å². The first-order valence-electron chi connectivity index (χ1n) is 9.90. The lowest BCUT2D eigenvalue weighted by molar-refractivity contribution is 0.337. The highest BCUT2D eigenvalue weighted by Gasteiger charge is 2.15. The van der Waals surface area contributed by atoms with Crippen molar-refractivity contribution < 1.29 is 4.74 Å². The molecule has 2 aromatic carbocycles. The van der Waals surface area contributed by atoms with E-state index in [4.69, 9.17) is 4.74 Å². The third-order valence-corrected chi connectivity index (χ3v) is 6.83. The van der Waals surface area contributed by atoms with Gasteiger partial charge in [0.05, 0.1) is 6.61 Å². The van der Waals surface area contributed by atoms with Crippen LogP contribution in [-0.2, 0) is 0 Å². The summed E-state index contributed by atoms with van der Waals surface area (Å²) < 4.78 is 7.02. The van der Waals surface area contributed by atoms with Gasteiger partial charge in [0, 0.05) is 9.13 Å². The van der Waals surface area contributed by atoms with E-state index in [0.717, 1.165) is 12.2 Å². The summed E-state index contributed by atoms with van der Waals surface area (Å²) >= 11 is 2.45. The summed E-state index contributed by atoms with van der Waals surface area (Å²) in [5.41, 5.74) is 8.06. The van der Waals surface area contributed by atoms with Crippen molar-refractivity contribution in [2.75, 3.05) is 6.61 Å². The number of ether oxygens (including phenoxy) is 1. The monoisotopic (exact) mass is 472 g/mol. The summed E-state index contributed by atoms with van der Waals surface area (Å²) in [5, 5.41) is 0. The topological polar surface area (TPSA) is 9.23 Å². The van der Waals surface area contributed by atoms with Crippen LogP contribution >= 0.6 is 22.6 Å². The molecule has 0 N–H and O–H groups in total. The molecule has 1 unspecified atom stereocenters. The molecule has 1 aliphatic rings. The lowest BCUT2D eigenvalue weighted by Gasteiger charge is -2.20. The summed E-state index contributed by atoms with van der Waals surface area (Å²) in [5.74, 6) is 1.70. The van der Waals surface area contributed by atoms with Crippen molar-refractivity contribution in [1.82, 2.24) is 0 Å². The zero-order valence-electron chi connectivity index (χ0n) is 16.8. The summed E-state index contributed by atoms with van der Waals surface area (Å²) in [7, 11) is 0. The van der Waals surface area contributed by atoms with Crippen LogP contribution in [0.3, 0.4) is 0 Å². The largest absolute Gasteiger partial charge is 0.494 e. The molecule has 0 saturated heterocycles. The smallest absolute Gasteiger partial charge is 0.123 e. The van der Waals surface area contributed by atoms with E-state index in [1.165, 1.54) is 49.8 Å². The predicted molar refractivity (Wildman–Crippen MR) is 125 cm³/mol. The number of hydrogen-bond donors (Lipinski definition) is 0. The Labute approximate surface area is 177 Å². The first-order chi connectivity index (χ1) is 13.0. The number of benzene rings is 2. The molecule has 0 amide bonds. The van der Waals surface area contributed by atoms with Gasteiger partial charge >= 0.3 is 0 Å². The lowest BCUT2D eigenvalue weighted by Crippen LogP contribution is -2.03. The molecule has 3 rings (SSSR count). The first-order valence-corrected chi connectivity index (χ1v) is 11.0. The van der Waals surface area contributed by atoms with Crippen molar-refractivity contribution in [2.45, 2.75) is 47.0 Å². The zero-order chi connectivity index (χ0) is 19.4. The van der Waals surface area contributed by atoms with Gasteiger partial charge in [-0.25, -0.2) is 0 Å². The van der Waals surface area contributed by atoms with Crippen LogP contribution in [0.4, 0.5) is 0 Å². The van der Waals surface area contributed by atoms with Crippen molar-refractivity contribution in [2.24, 2.45) is 5.92 Å². The molecular formula is C25H29IO. The maximum Gasteiger partial charge on any atom is 0.123 e. The number of hydrogen-bond acceptors (Lipinski definition) is 1. The van der Waals surface area contributed by atoms with Gasteiger partial charge in [0.15, 0.2) is 0 Å². The van der Waals surface area contributed by atoms with E-state index in [0.29, 0.717) is 12.5 Å². The van der Waals surface area contributed by atoms with E-state index >= 15 is 0 Å². The van der Waals surface area contributed by atoms with Crippen molar-refractivity contribution in [3.8, 4) is 16.9 Å². The number of aryl methyl sites for hydroxylation is 1. The van der Waals surface area contributed by atoms with Crippen LogP contribution in [0.25, 0.3) is 16.7 Å². The molecule has 27 heavy (non-hydrogen) atoms. The maximum absolute atomic E-state index is 5.75. The molecule has 0 aliphatic heterocycles. The fourth-order valence-corrected chi connectivity index (χ4v) is 4.65. The molecule has 0 fully saturated rings. The molecule has 2 aromatic rings. The van der Waals surface area contributed by atoms with Gasteiger partial charge in [0.2, 0.25) is 0 Å². The predicted octanol–water partition coefficient (Wildman–Crippen LogP) is 7.73. The van der Waals surface area contributed by atoms with E-state index in [-0.39, 0.29) is 0 Å². The molecule has 142 valence electrons. The van der Waals surface area contributed by atoms with Crippen molar-refractivity contribution in [3.63, 3.8) is 0 Å². The fourth-order valence-electron chi connectivity index (χ4n) is 3.92. The highest BCUT2D eigenvalue weighted by molar-refractivity contribution is 14.1. The first kappa shape index (κ1) is 20.2. The molecule has 1 nitrogen and oxygen atoms in total. The molecule has 0 radical (unpaired) electrons. The Kier molecular flexibility index (Phi) is 6.80. The number of rotatable bonds is 5. The Bertz CT molecular complexity index is 876. The lowest BCUT2D eigenvalue weighted by atomic mass is 9.85. The van der Waals surface area contributed by atoms with Gasteiger partial charge in [0.1, 0.15) is 5.75 Å². The quantitative estimate of drug-likeness (QED) is 0.320. The van der Waals surface area contributed by atoms with Gasteiger partial charge in [0.25, 0.3) is 0 Å². The molecule has 2 heteroatoms. The fraction of sp³-hybridized carbons (Fsp3) is 0.360. The van der Waals surface area contributed by atoms with Crippen molar-refractivity contribution in [3.05, 3.63) is 68.8 Å². The van der Waals surface area contributed by atoms with Crippen LogP contribution in [-0.4, -0.2) is 6.61 Å². The Hall–Kier alpha value is -1.55. The summed E-state index contributed by atoms with van der Waals surface area (Å²) in [6.45, 7) is 9.23. The molecule has 1 aliphatic carbocycles. The standard InChI is InChI=1S/C25H29IO/c1-5-7-19-8-10-20(11-9-19)21-12-13-22(17(3)16-21)23-14-15-24(27-6-2)18(4)25(23)26/h5,7,10,12-16,19H,6,8-9,11H2,1-4H3/b7-5+. The SMILES string of the molecule is C/C=C/C1CC=C(c2ccc(-c3ccc(OCC)c(C)c3I)c(C)c2)CC1. The van der Waals surface area contributed by atoms with E-state index in [9.17, 15) is 0 Å². The molecular weight excluding hydrogens is 443 g/mol.